The molecular formula is C9H16ClN3O2. The molecule has 6 heteroatoms. The Morgan fingerprint density at radius 2 is 2.13 bits per heavy atom. The average molecular weight is 234 g/mol. The minimum absolute atomic E-state index is 0. The van der Waals surface area contributed by atoms with E-state index in [0.717, 1.165) is 31.8 Å². The van der Waals surface area contributed by atoms with Crippen LogP contribution >= 0.6 is 12.4 Å². The monoisotopic (exact) mass is 233 g/mol. The molecule has 15 heavy (non-hydrogen) atoms. The van der Waals surface area contributed by atoms with Gasteiger partial charge in [-0.05, 0) is 25.9 Å². The van der Waals surface area contributed by atoms with E-state index in [4.69, 9.17) is 9.15 Å². The molecule has 0 aromatic carbocycles. The van der Waals surface area contributed by atoms with Gasteiger partial charge in [0, 0.05) is 13.0 Å². The van der Waals surface area contributed by atoms with Gasteiger partial charge in [-0.2, -0.15) is 0 Å². The second kappa shape index (κ2) is 6.05. The fourth-order valence-corrected chi connectivity index (χ4v) is 1.68. The summed E-state index contributed by atoms with van der Waals surface area (Å²) in [6.45, 7) is 2.47. The quantitative estimate of drug-likeness (QED) is 0.848. The molecule has 0 unspecified atom stereocenters. The number of methoxy groups -OCH3 is 1. The summed E-state index contributed by atoms with van der Waals surface area (Å²) in [5.74, 6) is 1.76. The molecule has 0 amide bonds. The van der Waals surface area contributed by atoms with Gasteiger partial charge in [-0.25, -0.2) is 0 Å². The molecule has 2 rings (SSSR count). The van der Waals surface area contributed by atoms with E-state index >= 15 is 0 Å². The summed E-state index contributed by atoms with van der Waals surface area (Å²) < 4.78 is 10.4. The molecule has 1 aromatic heterocycles. The number of ether oxygens (including phenoxy) is 1. The summed E-state index contributed by atoms with van der Waals surface area (Å²) in [4.78, 5) is 0. The maximum Gasteiger partial charge on any atom is 0.242 e. The SMILES string of the molecule is COCc1nnc(C2CCNCC2)o1.Cl. The lowest BCUT2D eigenvalue weighted by atomic mass is 9.98. The summed E-state index contributed by atoms with van der Waals surface area (Å²) >= 11 is 0. The lowest BCUT2D eigenvalue weighted by Crippen LogP contribution is -2.26. The van der Waals surface area contributed by atoms with E-state index in [1.807, 2.05) is 0 Å². The first-order valence-corrected chi connectivity index (χ1v) is 4.92. The highest BCUT2D eigenvalue weighted by Crippen LogP contribution is 2.23. The van der Waals surface area contributed by atoms with E-state index in [0.29, 0.717) is 18.4 Å². The van der Waals surface area contributed by atoms with Crippen molar-refractivity contribution >= 4 is 12.4 Å². The van der Waals surface area contributed by atoms with Crippen LogP contribution in [0.1, 0.15) is 30.5 Å². The highest BCUT2D eigenvalue weighted by molar-refractivity contribution is 5.85. The van der Waals surface area contributed by atoms with Gasteiger partial charge in [-0.3, -0.25) is 0 Å². The minimum Gasteiger partial charge on any atom is -0.422 e. The first-order valence-electron chi connectivity index (χ1n) is 4.92. The average Bonchev–Trinajstić information content (AvgIpc) is 2.68. The van der Waals surface area contributed by atoms with Crippen LogP contribution in [0.15, 0.2) is 4.42 Å². The fourth-order valence-electron chi connectivity index (χ4n) is 1.68. The van der Waals surface area contributed by atoms with Gasteiger partial charge in [0.15, 0.2) is 0 Å². The van der Waals surface area contributed by atoms with Gasteiger partial charge in [-0.15, -0.1) is 22.6 Å². The van der Waals surface area contributed by atoms with Crippen LogP contribution in [0.25, 0.3) is 0 Å². The van der Waals surface area contributed by atoms with Crippen molar-refractivity contribution in [3.05, 3.63) is 11.8 Å². The van der Waals surface area contributed by atoms with E-state index in [1.54, 1.807) is 7.11 Å². The number of hydrogen-bond acceptors (Lipinski definition) is 5. The smallest absolute Gasteiger partial charge is 0.242 e. The predicted octanol–water partition coefficient (Wildman–Crippen LogP) is 1.10. The highest BCUT2D eigenvalue weighted by atomic mass is 35.5. The highest BCUT2D eigenvalue weighted by Gasteiger charge is 2.20. The number of piperidine rings is 1. The van der Waals surface area contributed by atoms with Crippen molar-refractivity contribution in [2.24, 2.45) is 0 Å². The van der Waals surface area contributed by atoms with Crippen molar-refractivity contribution in [1.82, 2.24) is 15.5 Å². The summed E-state index contributed by atoms with van der Waals surface area (Å²) in [7, 11) is 1.62. The van der Waals surface area contributed by atoms with Crippen LogP contribution in [0.4, 0.5) is 0 Å². The molecule has 0 bridgehead atoms. The standard InChI is InChI=1S/C9H15N3O2.ClH/c1-13-6-8-11-12-9(14-8)7-2-4-10-5-3-7;/h7,10H,2-6H2,1H3;1H. The number of rotatable bonds is 3. The molecule has 1 saturated heterocycles. The van der Waals surface area contributed by atoms with Gasteiger partial charge in [-0.1, -0.05) is 0 Å². The summed E-state index contributed by atoms with van der Waals surface area (Å²) in [6.07, 6.45) is 2.16. The Labute approximate surface area is 95.0 Å². The number of nitrogens with one attached hydrogen (secondary N) is 1. The van der Waals surface area contributed by atoms with Gasteiger partial charge >= 0.3 is 0 Å². The molecule has 1 aromatic rings. The van der Waals surface area contributed by atoms with Crippen LogP contribution in [0, 0.1) is 0 Å². The van der Waals surface area contributed by atoms with Crippen LogP contribution in [0.5, 0.6) is 0 Å². The zero-order valence-electron chi connectivity index (χ0n) is 8.73. The van der Waals surface area contributed by atoms with E-state index in [2.05, 4.69) is 15.5 Å². The summed E-state index contributed by atoms with van der Waals surface area (Å²) in [5.41, 5.74) is 0. The third-order valence-corrected chi connectivity index (χ3v) is 2.44. The second-order valence-electron chi connectivity index (χ2n) is 3.49. The van der Waals surface area contributed by atoms with E-state index < -0.39 is 0 Å². The molecule has 0 saturated carbocycles. The Balaban J connectivity index is 0.00000112. The molecule has 0 atom stereocenters. The van der Waals surface area contributed by atoms with E-state index in [-0.39, 0.29) is 12.4 Å². The Bertz CT molecular complexity index is 287. The molecule has 0 spiro atoms. The number of hydrogen-bond donors (Lipinski definition) is 1. The van der Waals surface area contributed by atoms with Gasteiger partial charge in [0.2, 0.25) is 11.8 Å². The Morgan fingerprint density at radius 1 is 1.40 bits per heavy atom. The summed E-state index contributed by atoms with van der Waals surface area (Å²) in [5, 5.41) is 11.3. The van der Waals surface area contributed by atoms with Crippen LogP contribution in [-0.4, -0.2) is 30.4 Å². The third-order valence-electron chi connectivity index (χ3n) is 2.44. The van der Waals surface area contributed by atoms with Gasteiger partial charge < -0.3 is 14.5 Å². The molecule has 0 aliphatic carbocycles. The zero-order valence-corrected chi connectivity index (χ0v) is 9.55. The molecule has 1 N–H and O–H groups in total. The van der Waals surface area contributed by atoms with Crippen molar-refractivity contribution < 1.29 is 9.15 Å². The first-order chi connectivity index (χ1) is 6.90. The molecule has 1 aliphatic rings. The molecule has 1 fully saturated rings. The number of nitrogens with zero attached hydrogens (tertiary/aromatic N) is 2. The van der Waals surface area contributed by atoms with Crippen molar-refractivity contribution in [2.75, 3.05) is 20.2 Å². The van der Waals surface area contributed by atoms with Crippen LogP contribution in [0.2, 0.25) is 0 Å². The first kappa shape index (κ1) is 12.4. The maximum atomic E-state index is 5.49. The third kappa shape index (κ3) is 3.15. The van der Waals surface area contributed by atoms with Crippen LogP contribution < -0.4 is 5.32 Å². The van der Waals surface area contributed by atoms with E-state index in [9.17, 15) is 0 Å². The van der Waals surface area contributed by atoms with Crippen molar-refractivity contribution in [1.29, 1.82) is 0 Å². The lowest BCUT2D eigenvalue weighted by Gasteiger charge is -2.18. The van der Waals surface area contributed by atoms with Crippen molar-refractivity contribution in [3.8, 4) is 0 Å². The fraction of sp³-hybridized carbons (Fsp3) is 0.778. The maximum absolute atomic E-state index is 5.49. The van der Waals surface area contributed by atoms with E-state index in [1.165, 1.54) is 0 Å². The number of aromatic nitrogens is 2. The normalized spacial score (nSPS) is 17.4. The van der Waals surface area contributed by atoms with Crippen molar-refractivity contribution in [2.45, 2.75) is 25.4 Å². The largest absolute Gasteiger partial charge is 0.422 e. The van der Waals surface area contributed by atoms with Gasteiger partial charge in [0.25, 0.3) is 0 Å². The second-order valence-corrected chi connectivity index (χ2v) is 3.49. The molecule has 2 heterocycles. The molecule has 0 radical (unpaired) electrons. The topological polar surface area (TPSA) is 60.2 Å². The Morgan fingerprint density at radius 3 is 2.80 bits per heavy atom. The van der Waals surface area contributed by atoms with Gasteiger partial charge in [0.05, 0.1) is 0 Å². The van der Waals surface area contributed by atoms with Crippen LogP contribution in [0.3, 0.4) is 0 Å². The van der Waals surface area contributed by atoms with Crippen LogP contribution in [-0.2, 0) is 11.3 Å². The minimum atomic E-state index is 0. The Kier molecular flexibility index (Phi) is 5.01. The lowest BCUT2D eigenvalue weighted by molar-refractivity contribution is 0.156. The molecular weight excluding hydrogens is 218 g/mol. The van der Waals surface area contributed by atoms with Gasteiger partial charge in [0.1, 0.15) is 6.61 Å². The predicted molar refractivity (Wildman–Crippen MR) is 57.1 cm³/mol. The summed E-state index contributed by atoms with van der Waals surface area (Å²) in [6, 6.07) is 0. The zero-order chi connectivity index (χ0) is 9.80. The Hall–Kier alpha value is -0.650. The number of halogens is 1. The molecule has 5 nitrogen and oxygen atoms in total. The van der Waals surface area contributed by atoms with Crippen molar-refractivity contribution in [3.63, 3.8) is 0 Å². The molecule has 1 aliphatic heterocycles. The molecule has 86 valence electrons.